The zero-order valence-corrected chi connectivity index (χ0v) is 19.3. The van der Waals surface area contributed by atoms with Crippen LogP contribution in [0.5, 0.6) is 0 Å². The number of nitrogen functional groups attached to an aromatic ring is 1. The highest BCUT2D eigenvalue weighted by atomic mass is 16.4. The average Bonchev–Trinajstić information content (AvgIpc) is 3.27. The van der Waals surface area contributed by atoms with Crippen molar-refractivity contribution in [3.05, 3.63) is 29.8 Å². The van der Waals surface area contributed by atoms with E-state index < -0.39 is 12.0 Å². The summed E-state index contributed by atoms with van der Waals surface area (Å²) in [5.41, 5.74) is 8.48. The molecule has 0 bridgehead atoms. The van der Waals surface area contributed by atoms with E-state index >= 15 is 0 Å². The predicted molar refractivity (Wildman–Crippen MR) is 131 cm³/mol. The summed E-state index contributed by atoms with van der Waals surface area (Å²) in [7, 11) is 0. The van der Waals surface area contributed by atoms with Crippen molar-refractivity contribution in [1.29, 1.82) is 0 Å². The average molecular weight is 468 g/mol. The minimum atomic E-state index is -0.765. The molecule has 0 aliphatic carbocycles. The molecule has 1 spiro atoms. The number of benzene rings is 1. The van der Waals surface area contributed by atoms with Gasteiger partial charge in [-0.1, -0.05) is 18.2 Å². The molecular formula is C23H33N9O2. The number of carboxylic acid groups (broad SMARTS) is 1. The fourth-order valence-corrected chi connectivity index (χ4v) is 5.30. The maximum atomic E-state index is 11.3. The maximum Gasteiger partial charge on any atom is 0.320 e. The second-order valence-corrected chi connectivity index (χ2v) is 9.50. The van der Waals surface area contributed by atoms with Gasteiger partial charge in [0.1, 0.15) is 6.04 Å². The van der Waals surface area contributed by atoms with Crippen molar-refractivity contribution in [3.8, 4) is 0 Å². The molecule has 3 aliphatic heterocycles. The summed E-state index contributed by atoms with van der Waals surface area (Å²) < 4.78 is 0. The number of anilines is 4. The van der Waals surface area contributed by atoms with Crippen LogP contribution in [-0.2, 0) is 11.3 Å². The highest BCUT2D eigenvalue weighted by Gasteiger charge is 2.43. The Morgan fingerprint density at radius 3 is 2.62 bits per heavy atom. The van der Waals surface area contributed by atoms with Crippen molar-refractivity contribution < 1.29 is 9.90 Å². The number of piperidine rings is 1. The van der Waals surface area contributed by atoms with Gasteiger partial charge in [-0.3, -0.25) is 4.79 Å². The Morgan fingerprint density at radius 2 is 1.88 bits per heavy atom. The first kappa shape index (κ1) is 22.6. The molecule has 1 unspecified atom stereocenters. The lowest BCUT2D eigenvalue weighted by Crippen LogP contribution is -2.44. The number of hydrogen-bond acceptors (Lipinski definition) is 10. The molecule has 1 aromatic carbocycles. The van der Waals surface area contributed by atoms with Crippen LogP contribution in [0.4, 0.5) is 23.5 Å². The first-order valence-electron chi connectivity index (χ1n) is 12.0. The lowest BCUT2D eigenvalue weighted by Gasteiger charge is -2.38. The van der Waals surface area contributed by atoms with Crippen molar-refractivity contribution in [3.63, 3.8) is 0 Å². The number of para-hydroxylation sites is 1. The molecule has 0 saturated carbocycles. The quantitative estimate of drug-likeness (QED) is 0.405. The third kappa shape index (κ3) is 4.85. The second kappa shape index (κ2) is 9.59. The van der Waals surface area contributed by atoms with Gasteiger partial charge in [-0.15, -0.1) is 0 Å². The molecule has 11 heteroatoms. The second-order valence-electron chi connectivity index (χ2n) is 9.50. The molecule has 3 aliphatic rings. The number of piperazine rings is 1. The van der Waals surface area contributed by atoms with Crippen LogP contribution in [0.2, 0.25) is 0 Å². The third-order valence-electron chi connectivity index (χ3n) is 7.29. The van der Waals surface area contributed by atoms with E-state index in [9.17, 15) is 9.90 Å². The van der Waals surface area contributed by atoms with Gasteiger partial charge < -0.3 is 36.6 Å². The van der Waals surface area contributed by atoms with Crippen LogP contribution in [0.3, 0.4) is 0 Å². The molecule has 3 fully saturated rings. The van der Waals surface area contributed by atoms with E-state index in [4.69, 9.17) is 5.73 Å². The van der Waals surface area contributed by atoms with Crippen molar-refractivity contribution in [2.75, 3.05) is 66.7 Å². The monoisotopic (exact) mass is 467 g/mol. The van der Waals surface area contributed by atoms with Crippen LogP contribution < -0.4 is 31.5 Å². The van der Waals surface area contributed by atoms with Gasteiger partial charge >= 0.3 is 5.97 Å². The van der Waals surface area contributed by atoms with Gasteiger partial charge in [0.2, 0.25) is 17.8 Å². The summed E-state index contributed by atoms with van der Waals surface area (Å²) in [5.74, 6) is 0.461. The maximum absolute atomic E-state index is 11.3. The largest absolute Gasteiger partial charge is 0.480 e. The predicted octanol–water partition coefficient (Wildman–Crippen LogP) is 0.509. The van der Waals surface area contributed by atoms with Gasteiger partial charge in [0.05, 0.1) is 0 Å². The SMILES string of the molecule is Nc1nc(NCc2ccccc2N2CCNCC2)nc(N2CCC3(CC2)CNC(C(=O)O)C3)n1. The summed E-state index contributed by atoms with van der Waals surface area (Å²) in [4.78, 5) is 29.2. The Morgan fingerprint density at radius 1 is 1.12 bits per heavy atom. The number of carboxylic acids is 1. The number of nitrogens with two attached hydrogens (primary N) is 1. The minimum absolute atomic E-state index is 0.0346. The summed E-state index contributed by atoms with van der Waals surface area (Å²) in [5, 5.41) is 19.2. The molecule has 2 aromatic rings. The van der Waals surface area contributed by atoms with Gasteiger partial charge in [-0.25, -0.2) is 0 Å². The van der Waals surface area contributed by atoms with Crippen molar-refractivity contribution in [2.45, 2.75) is 31.8 Å². The Bertz CT molecular complexity index is 1020. The fraction of sp³-hybridized carbons (Fsp3) is 0.565. The molecule has 34 heavy (non-hydrogen) atoms. The van der Waals surface area contributed by atoms with E-state index in [1.165, 1.54) is 11.3 Å². The number of aliphatic carboxylic acids is 1. The Labute approximate surface area is 199 Å². The molecule has 4 heterocycles. The molecular weight excluding hydrogens is 434 g/mol. The number of carbonyl (C=O) groups is 1. The van der Waals surface area contributed by atoms with Crippen LogP contribution in [0.25, 0.3) is 0 Å². The number of nitrogens with zero attached hydrogens (tertiary/aromatic N) is 5. The number of hydrogen-bond donors (Lipinski definition) is 5. The Kier molecular flexibility index (Phi) is 6.38. The van der Waals surface area contributed by atoms with Crippen LogP contribution in [0.15, 0.2) is 24.3 Å². The van der Waals surface area contributed by atoms with E-state index in [1.54, 1.807) is 0 Å². The lowest BCUT2D eigenvalue weighted by molar-refractivity contribution is -0.139. The molecule has 0 amide bonds. The summed E-state index contributed by atoms with van der Waals surface area (Å²) in [6, 6.07) is 7.96. The van der Waals surface area contributed by atoms with E-state index in [-0.39, 0.29) is 11.4 Å². The highest BCUT2D eigenvalue weighted by molar-refractivity contribution is 5.74. The van der Waals surface area contributed by atoms with E-state index in [0.29, 0.717) is 24.9 Å². The molecule has 0 radical (unpaired) electrons. The first-order valence-corrected chi connectivity index (χ1v) is 12.0. The number of rotatable bonds is 6. The normalized spacial score (nSPS) is 22.2. The number of nitrogens with one attached hydrogen (secondary N) is 3. The van der Waals surface area contributed by atoms with E-state index in [1.807, 2.05) is 6.07 Å². The molecule has 6 N–H and O–H groups in total. The fourth-order valence-electron chi connectivity index (χ4n) is 5.30. The zero-order chi connectivity index (χ0) is 23.5. The van der Waals surface area contributed by atoms with Crippen LogP contribution in [-0.4, -0.2) is 77.9 Å². The molecule has 182 valence electrons. The highest BCUT2D eigenvalue weighted by Crippen LogP contribution is 2.40. The standard InChI is InChI=1S/C23H33N9O2/c24-20-28-21(26-14-16-3-1-2-4-18(16)31-11-7-25-8-12-31)30-22(29-20)32-9-5-23(6-10-32)13-17(19(33)34)27-15-23/h1-4,17,25,27H,5-15H2,(H,33,34)(H3,24,26,28,29,30). The zero-order valence-electron chi connectivity index (χ0n) is 19.3. The van der Waals surface area contributed by atoms with Crippen molar-refractivity contribution in [1.82, 2.24) is 25.6 Å². The van der Waals surface area contributed by atoms with Gasteiger partial charge in [-0.2, -0.15) is 15.0 Å². The van der Waals surface area contributed by atoms with Gasteiger partial charge in [0.25, 0.3) is 0 Å². The van der Waals surface area contributed by atoms with Crippen LogP contribution in [0, 0.1) is 5.41 Å². The summed E-state index contributed by atoms with van der Waals surface area (Å²) in [6.07, 6.45) is 2.47. The Balaban J connectivity index is 1.24. The van der Waals surface area contributed by atoms with Gasteiger partial charge in [-0.05, 0) is 36.3 Å². The smallest absolute Gasteiger partial charge is 0.320 e. The topological polar surface area (TPSA) is 145 Å². The minimum Gasteiger partial charge on any atom is -0.480 e. The third-order valence-corrected chi connectivity index (χ3v) is 7.29. The molecule has 5 rings (SSSR count). The van der Waals surface area contributed by atoms with Gasteiger partial charge in [0, 0.05) is 58.0 Å². The first-order chi connectivity index (χ1) is 16.5. The number of aromatic nitrogens is 3. The Hall–Kier alpha value is -3.18. The molecule has 1 atom stereocenters. The molecule has 11 nitrogen and oxygen atoms in total. The van der Waals surface area contributed by atoms with Crippen LogP contribution >= 0.6 is 0 Å². The lowest BCUT2D eigenvalue weighted by atomic mass is 9.76. The summed E-state index contributed by atoms with van der Waals surface area (Å²) in [6.45, 7) is 6.81. The van der Waals surface area contributed by atoms with Crippen molar-refractivity contribution in [2.24, 2.45) is 5.41 Å². The summed E-state index contributed by atoms with van der Waals surface area (Å²) >= 11 is 0. The van der Waals surface area contributed by atoms with E-state index in [2.05, 4.69) is 58.9 Å². The van der Waals surface area contributed by atoms with E-state index in [0.717, 1.165) is 58.7 Å². The molecule has 1 aromatic heterocycles. The van der Waals surface area contributed by atoms with Crippen LogP contribution in [0.1, 0.15) is 24.8 Å². The van der Waals surface area contributed by atoms with Crippen molar-refractivity contribution >= 4 is 29.5 Å². The van der Waals surface area contributed by atoms with Gasteiger partial charge in [0.15, 0.2) is 0 Å². The molecule has 3 saturated heterocycles.